The van der Waals surface area contributed by atoms with E-state index in [1.807, 2.05) is 0 Å². The predicted octanol–water partition coefficient (Wildman–Crippen LogP) is 17.1. The van der Waals surface area contributed by atoms with Gasteiger partial charge >= 0.3 is 17.9 Å². The minimum atomic E-state index is -0.797. The van der Waals surface area contributed by atoms with Crippen LogP contribution in [-0.4, -0.2) is 37.2 Å². The van der Waals surface area contributed by atoms with Gasteiger partial charge in [0.1, 0.15) is 13.2 Å². The van der Waals surface area contributed by atoms with E-state index in [2.05, 4.69) is 130 Å². The maximum Gasteiger partial charge on any atom is 0.306 e. The third kappa shape index (κ3) is 49.1. The van der Waals surface area contributed by atoms with Crippen molar-refractivity contribution in [3.8, 4) is 0 Å². The van der Waals surface area contributed by atoms with Crippen molar-refractivity contribution in [1.82, 2.24) is 0 Å². The van der Waals surface area contributed by atoms with Gasteiger partial charge in [-0.3, -0.25) is 14.4 Å². The van der Waals surface area contributed by atoms with Gasteiger partial charge < -0.3 is 14.2 Å². The lowest BCUT2D eigenvalue weighted by Gasteiger charge is -2.18. The number of carbonyl (C=O) groups excluding carboxylic acids is 3. The lowest BCUT2D eigenvalue weighted by atomic mass is 10.1. The summed E-state index contributed by atoms with van der Waals surface area (Å²) >= 11 is 0. The van der Waals surface area contributed by atoms with Gasteiger partial charge in [-0.1, -0.05) is 220 Å². The summed E-state index contributed by atoms with van der Waals surface area (Å²) in [4.78, 5) is 38.0. The van der Waals surface area contributed by atoms with Gasteiger partial charge in [0.2, 0.25) is 0 Å². The summed E-state index contributed by atoms with van der Waals surface area (Å²) in [6.45, 7) is 6.23. The molecule has 0 aromatic carbocycles. The quantitative estimate of drug-likeness (QED) is 0.0199. The average molecular weight is 887 g/mol. The molecule has 0 aromatic heterocycles. The zero-order valence-electron chi connectivity index (χ0n) is 41.3. The van der Waals surface area contributed by atoms with Crippen LogP contribution in [0.15, 0.2) is 109 Å². The minimum Gasteiger partial charge on any atom is -0.462 e. The summed E-state index contributed by atoms with van der Waals surface area (Å²) in [5.41, 5.74) is 0. The molecule has 0 aliphatic rings. The third-order valence-electron chi connectivity index (χ3n) is 10.6. The summed E-state index contributed by atoms with van der Waals surface area (Å²) in [6, 6.07) is 0. The fraction of sp³-hybridized carbons (Fsp3) is 0.638. The standard InChI is InChI=1S/C58H94O6/c1-4-7-10-13-16-19-22-25-28-31-33-36-39-42-45-48-51-57(60)63-54-55(64-58(61)52-49-46-43-40-37-34-30-27-24-21-18-15-12-9-6-3)53-62-56(59)50-47-44-41-38-35-32-29-26-23-20-17-14-11-8-5-2/h7-12,14-21,23-25,28,55H,4-6,13,22,26-27,29-54H2,1-3H3/b10-7-,11-8-,12-9-,17-14-,18-15-,19-16-,23-20-,24-21-,28-25-. The number of rotatable bonds is 45. The molecule has 362 valence electrons. The van der Waals surface area contributed by atoms with E-state index in [9.17, 15) is 14.4 Å². The second-order valence-corrected chi connectivity index (χ2v) is 16.8. The molecule has 0 N–H and O–H groups in total. The van der Waals surface area contributed by atoms with Crippen LogP contribution in [-0.2, 0) is 28.6 Å². The van der Waals surface area contributed by atoms with Gasteiger partial charge in [-0.2, -0.15) is 0 Å². The van der Waals surface area contributed by atoms with Crippen LogP contribution in [0.3, 0.4) is 0 Å². The van der Waals surface area contributed by atoms with Crippen LogP contribution in [0, 0.1) is 0 Å². The van der Waals surface area contributed by atoms with Gasteiger partial charge in [-0.25, -0.2) is 0 Å². The number of unbranched alkanes of at least 4 members (excludes halogenated alkanes) is 20. The second-order valence-electron chi connectivity index (χ2n) is 16.8. The van der Waals surface area contributed by atoms with E-state index in [4.69, 9.17) is 14.2 Å². The Morgan fingerprint density at radius 3 is 1.05 bits per heavy atom. The topological polar surface area (TPSA) is 78.9 Å². The van der Waals surface area contributed by atoms with Gasteiger partial charge in [-0.15, -0.1) is 0 Å². The van der Waals surface area contributed by atoms with Crippen LogP contribution in [0.2, 0.25) is 0 Å². The van der Waals surface area contributed by atoms with Crippen LogP contribution in [0.5, 0.6) is 0 Å². The maximum absolute atomic E-state index is 12.8. The molecule has 0 amide bonds. The number of hydrogen-bond acceptors (Lipinski definition) is 6. The smallest absolute Gasteiger partial charge is 0.306 e. The van der Waals surface area contributed by atoms with E-state index in [0.717, 1.165) is 122 Å². The number of allylic oxidation sites excluding steroid dienone is 18. The molecule has 0 saturated carbocycles. The Morgan fingerprint density at radius 2 is 0.641 bits per heavy atom. The van der Waals surface area contributed by atoms with E-state index in [0.29, 0.717) is 19.3 Å². The third-order valence-corrected chi connectivity index (χ3v) is 10.6. The molecule has 0 spiro atoms. The molecule has 0 aromatic rings. The van der Waals surface area contributed by atoms with Gasteiger partial charge in [0, 0.05) is 19.3 Å². The first kappa shape index (κ1) is 60.1. The highest BCUT2D eigenvalue weighted by molar-refractivity contribution is 5.71. The molecule has 6 heteroatoms. The summed E-state index contributed by atoms with van der Waals surface area (Å²) < 4.78 is 16.8. The first-order valence-corrected chi connectivity index (χ1v) is 26.0. The van der Waals surface area contributed by atoms with Crippen molar-refractivity contribution in [1.29, 1.82) is 0 Å². The monoisotopic (exact) mass is 887 g/mol. The molecule has 0 saturated heterocycles. The Labute approximate surface area is 393 Å². The first-order chi connectivity index (χ1) is 31.5. The van der Waals surface area contributed by atoms with Crippen LogP contribution in [0.25, 0.3) is 0 Å². The average Bonchev–Trinajstić information content (AvgIpc) is 3.29. The molecule has 0 aliphatic carbocycles. The maximum atomic E-state index is 12.8. The van der Waals surface area contributed by atoms with Gasteiger partial charge in [0.15, 0.2) is 6.10 Å². The largest absolute Gasteiger partial charge is 0.462 e. The van der Waals surface area contributed by atoms with Gasteiger partial charge in [-0.05, 0) is 89.9 Å². The summed E-state index contributed by atoms with van der Waals surface area (Å²) in [5.74, 6) is -0.936. The molecule has 0 rings (SSSR count). The Morgan fingerprint density at radius 1 is 0.328 bits per heavy atom. The van der Waals surface area contributed by atoms with Crippen molar-refractivity contribution >= 4 is 17.9 Å². The Bertz CT molecular complexity index is 1340. The normalized spacial score (nSPS) is 13.0. The fourth-order valence-corrected chi connectivity index (χ4v) is 6.81. The second kappa shape index (κ2) is 51.7. The Hall–Kier alpha value is -3.93. The highest BCUT2D eigenvalue weighted by Crippen LogP contribution is 2.14. The van der Waals surface area contributed by atoms with Crippen LogP contribution in [0.4, 0.5) is 0 Å². The fourth-order valence-electron chi connectivity index (χ4n) is 6.81. The van der Waals surface area contributed by atoms with E-state index in [1.54, 1.807) is 0 Å². The highest BCUT2D eigenvalue weighted by atomic mass is 16.6. The van der Waals surface area contributed by atoms with E-state index >= 15 is 0 Å². The van der Waals surface area contributed by atoms with Crippen molar-refractivity contribution in [2.75, 3.05) is 13.2 Å². The Balaban J connectivity index is 4.46. The molecule has 0 fully saturated rings. The summed E-state index contributed by atoms with van der Waals surface area (Å²) in [5, 5.41) is 0. The number of carbonyl (C=O) groups is 3. The molecular formula is C58H94O6. The molecular weight excluding hydrogens is 793 g/mol. The van der Waals surface area contributed by atoms with E-state index in [-0.39, 0.29) is 31.1 Å². The number of ether oxygens (including phenoxy) is 3. The summed E-state index contributed by atoms with van der Waals surface area (Å²) in [7, 11) is 0. The molecule has 0 bridgehead atoms. The van der Waals surface area contributed by atoms with Crippen LogP contribution < -0.4 is 0 Å². The van der Waals surface area contributed by atoms with E-state index in [1.165, 1.54) is 57.8 Å². The van der Waals surface area contributed by atoms with Crippen molar-refractivity contribution in [3.05, 3.63) is 109 Å². The molecule has 64 heavy (non-hydrogen) atoms. The Kier molecular flexibility index (Phi) is 48.5. The SMILES string of the molecule is CC\C=C/C=C\C=C/CCCCCCCCCC(=O)OCC(COC(=O)CCCCCCCC/C=C\C/C=C\C/C=C\CC)OC(=O)CCCCCCCCC\C=C/C=C\C=C/CC. The molecule has 0 heterocycles. The summed E-state index contributed by atoms with van der Waals surface area (Å²) in [6.07, 6.45) is 69.2. The molecule has 0 radical (unpaired) electrons. The molecule has 6 nitrogen and oxygen atoms in total. The van der Waals surface area contributed by atoms with E-state index < -0.39 is 6.10 Å². The van der Waals surface area contributed by atoms with Crippen molar-refractivity contribution in [2.45, 2.75) is 226 Å². The minimum absolute atomic E-state index is 0.0958. The van der Waals surface area contributed by atoms with Crippen LogP contribution in [0.1, 0.15) is 220 Å². The lowest BCUT2D eigenvalue weighted by Crippen LogP contribution is -2.30. The molecule has 0 aliphatic heterocycles. The van der Waals surface area contributed by atoms with Crippen molar-refractivity contribution in [2.24, 2.45) is 0 Å². The van der Waals surface area contributed by atoms with Crippen molar-refractivity contribution < 1.29 is 28.6 Å². The lowest BCUT2D eigenvalue weighted by molar-refractivity contribution is -0.167. The van der Waals surface area contributed by atoms with Gasteiger partial charge in [0.05, 0.1) is 0 Å². The van der Waals surface area contributed by atoms with Crippen LogP contribution >= 0.6 is 0 Å². The van der Waals surface area contributed by atoms with Gasteiger partial charge in [0.25, 0.3) is 0 Å². The molecule has 1 atom stereocenters. The zero-order chi connectivity index (χ0) is 46.5. The van der Waals surface area contributed by atoms with Crippen molar-refractivity contribution in [3.63, 3.8) is 0 Å². The molecule has 1 unspecified atom stereocenters. The number of esters is 3. The predicted molar refractivity (Wildman–Crippen MR) is 274 cm³/mol. The zero-order valence-corrected chi connectivity index (χ0v) is 41.3. The highest BCUT2D eigenvalue weighted by Gasteiger charge is 2.19. The first-order valence-electron chi connectivity index (χ1n) is 26.0. The number of hydrogen-bond donors (Lipinski definition) is 0.